The van der Waals surface area contributed by atoms with E-state index in [2.05, 4.69) is 31.9 Å². The molecule has 0 amide bonds. The highest BCUT2D eigenvalue weighted by Gasteiger charge is 2.22. The highest BCUT2D eigenvalue weighted by molar-refractivity contribution is 5.46. The fraction of sp³-hybridized carbons (Fsp3) is 0.375. The van der Waals surface area contributed by atoms with Crippen LogP contribution < -0.4 is 10.6 Å². The van der Waals surface area contributed by atoms with E-state index in [1.165, 1.54) is 11.9 Å². The summed E-state index contributed by atoms with van der Waals surface area (Å²) < 4.78 is 0. The molecule has 0 aliphatic carbocycles. The zero-order valence-electron chi connectivity index (χ0n) is 12.5. The summed E-state index contributed by atoms with van der Waals surface area (Å²) in [5.74, 6) is 1.22. The fourth-order valence-corrected chi connectivity index (χ4v) is 2.78. The molecule has 0 radical (unpaired) electrons. The first-order valence-electron chi connectivity index (χ1n) is 7.47. The minimum atomic E-state index is -0.414. The molecule has 2 aromatic rings. The van der Waals surface area contributed by atoms with Gasteiger partial charge in [-0.05, 0) is 5.56 Å². The van der Waals surface area contributed by atoms with Crippen molar-refractivity contribution in [1.82, 2.24) is 14.9 Å². The molecule has 0 spiro atoms. The summed E-state index contributed by atoms with van der Waals surface area (Å²) in [6.45, 7) is 3.74. The first-order valence-corrected chi connectivity index (χ1v) is 7.47. The van der Waals surface area contributed by atoms with Gasteiger partial charge in [0, 0.05) is 38.8 Å². The topological polar surface area (TPSA) is 78.5 Å². The molecule has 3 rings (SSSR count). The van der Waals surface area contributed by atoms with Crippen LogP contribution in [0.15, 0.2) is 42.7 Å². The maximum absolute atomic E-state index is 10.3. The normalized spacial score (nSPS) is 19.9. The summed E-state index contributed by atoms with van der Waals surface area (Å²) in [7, 11) is 0. The number of aromatic nitrogens is 2. The molecule has 0 saturated carbocycles. The van der Waals surface area contributed by atoms with Crippen molar-refractivity contribution in [1.29, 1.82) is 0 Å². The Bertz CT molecular complexity index is 606. The molecular weight excluding hydrogens is 278 g/mol. The van der Waals surface area contributed by atoms with Gasteiger partial charge in [0.1, 0.15) is 18.0 Å². The van der Waals surface area contributed by atoms with Crippen molar-refractivity contribution in [3.05, 3.63) is 48.3 Å². The van der Waals surface area contributed by atoms with E-state index in [0.717, 1.165) is 25.5 Å². The molecule has 1 aromatic carbocycles. The van der Waals surface area contributed by atoms with Gasteiger partial charge in [-0.3, -0.25) is 4.90 Å². The predicted octanol–water partition coefficient (Wildman–Crippen LogP) is 0.742. The SMILES string of the molecule is Nc1cc(N2CCN(Cc3ccccc3)C[C@H](O)C2)ncn1. The van der Waals surface area contributed by atoms with E-state index >= 15 is 0 Å². The molecule has 3 N–H and O–H groups in total. The van der Waals surface area contributed by atoms with Gasteiger partial charge in [-0.1, -0.05) is 30.3 Å². The van der Waals surface area contributed by atoms with Crippen molar-refractivity contribution in [2.45, 2.75) is 12.6 Å². The number of aliphatic hydroxyl groups excluding tert-OH is 1. The Labute approximate surface area is 130 Å². The minimum absolute atomic E-state index is 0.414. The van der Waals surface area contributed by atoms with Crippen LogP contribution in [0, 0.1) is 0 Å². The number of benzene rings is 1. The van der Waals surface area contributed by atoms with Gasteiger partial charge in [0.25, 0.3) is 0 Å². The van der Waals surface area contributed by atoms with Crippen molar-refractivity contribution in [3.63, 3.8) is 0 Å². The number of anilines is 2. The van der Waals surface area contributed by atoms with Gasteiger partial charge in [0.05, 0.1) is 6.10 Å². The molecule has 1 aliphatic rings. The second kappa shape index (κ2) is 6.72. The Kier molecular flexibility index (Phi) is 4.50. The van der Waals surface area contributed by atoms with E-state index < -0.39 is 6.10 Å². The lowest BCUT2D eigenvalue weighted by atomic mass is 10.2. The maximum atomic E-state index is 10.3. The molecule has 0 bridgehead atoms. The molecular formula is C16H21N5O. The van der Waals surface area contributed by atoms with Crippen LogP contribution in [0.25, 0.3) is 0 Å². The Balaban J connectivity index is 1.67. The van der Waals surface area contributed by atoms with Crippen LogP contribution in [0.5, 0.6) is 0 Å². The van der Waals surface area contributed by atoms with Gasteiger partial charge in [-0.25, -0.2) is 9.97 Å². The molecule has 1 atom stereocenters. The van der Waals surface area contributed by atoms with Gasteiger partial charge < -0.3 is 15.7 Å². The Hall–Kier alpha value is -2.18. The minimum Gasteiger partial charge on any atom is -0.390 e. The van der Waals surface area contributed by atoms with E-state index in [0.29, 0.717) is 18.9 Å². The van der Waals surface area contributed by atoms with Crippen molar-refractivity contribution >= 4 is 11.6 Å². The first-order chi connectivity index (χ1) is 10.7. The number of β-amino-alcohol motifs (C(OH)–C–C–N with tert-alkyl or cyclic N) is 1. The quantitative estimate of drug-likeness (QED) is 0.870. The van der Waals surface area contributed by atoms with Crippen LogP contribution in [-0.2, 0) is 6.54 Å². The second-order valence-corrected chi connectivity index (χ2v) is 5.62. The van der Waals surface area contributed by atoms with Crippen LogP contribution in [0.2, 0.25) is 0 Å². The molecule has 0 unspecified atom stereocenters. The lowest BCUT2D eigenvalue weighted by Crippen LogP contribution is -2.33. The average Bonchev–Trinajstić information content (AvgIpc) is 2.70. The Morgan fingerprint density at radius 2 is 1.95 bits per heavy atom. The monoisotopic (exact) mass is 299 g/mol. The molecule has 1 saturated heterocycles. The standard InChI is InChI=1S/C16H21N5O/c17-15-8-16(19-12-18-15)21-7-6-20(10-14(22)11-21)9-13-4-2-1-3-5-13/h1-5,8,12,14,22H,6-7,9-11H2,(H2,17,18,19)/t14-/m0/s1. The van der Waals surface area contributed by atoms with Crippen LogP contribution in [0.4, 0.5) is 11.6 Å². The maximum Gasteiger partial charge on any atom is 0.134 e. The van der Waals surface area contributed by atoms with Crippen LogP contribution in [0.1, 0.15) is 5.56 Å². The van der Waals surface area contributed by atoms with Gasteiger partial charge in [0.2, 0.25) is 0 Å². The number of hydrogen-bond donors (Lipinski definition) is 2. The molecule has 116 valence electrons. The van der Waals surface area contributed by atoms with Crippen molar-refractivity contribution in [3.8, 4) is 0 Å². The van der Waals surface area contributed by atoms with E-state index in [9.17, 15) is 5.11 Å². The lowest BCUT2D eigenvalue weighted by molar-refractivity contribution is 0.129. The van der Waals surface area contributed by atoms with E-state index in [-0.39, 0.29) is 0 Å². The zero-order valence-corrected chi connectivity index (χ0v) is 12.5. The number of rotatable bonds is 3. The summed E-state index contributed by atoms with van der Waals surface area (Å²) in [6.07, 6.45) is 1.05. The largest absolute Gasteiger partial charge is 0.390 e. The smallest absolute Gasteiger partial charge is 0.134 e. The van der Waals surface area contributed by atoms with Gasteiger partial charge in [0.15, 0.2) is 0 Å². The van der Waals surface area contributed by atoms with Gasteiger partial charge in [-0.15, -0.1) is 0 Å². The fourth-order valence-electron chi connectivity index (χ4n) is 2.78. The first kappa shape index (κ1) is 14.7. The Morgan fingerprint density at radius 1 is 1.14 bits per heavy atom. The van der Waals surface area contributed by atoms with Crippen molar-refractivity contribution in [2.75, 3.05) is 36.8 Å². The number of nitrogens with two attached hydrogens (primary N) is 1. The number of nitrogen functional groups attached to an aromatic ring is 1. The van der Waals surface area contributed by atoms with Gasteiger partial charge >= 0.3 is 0 Å². The van der Waals surface area contributed by atoms with E-state index in [4.69, 9.17) is 5.73 Å². The lowest BCUT2D eigenvalue weighted by Gasteiger charge is -2.22. The molecule has 22 heavy (non-hydrogen) atoms. The zero-order chi connectivity index (χ0) is 15.4. The summed E-state index contributed by atoms with van der Waals surface area (Å²) >= 11 is 0. The third-order valence-electron chi connectivity index (χ3n) is 3.83. The third kappa shape index (κ3) is 3.72. The van der Waals surface area contributed by atoms with Crippen LogP contribution in [-0.4, -0.2) is 52.3 Å². The molecule has 1 aliphatic heterocycles. The van der Waals surface area contributed by atoms with E-state index in [1.807, 2.05) is 18.2 Å². The number of nitrogens with zero attached hydrogens (tertiary/aromatic N) is 4. The molecule has 6 heteroatoms. The van der Waals surface area contributed by atoms with Crippen molar-refractivity contribution in [2.24, 2.45) is 0 Å². The average molecular weight is 299 g/mol. The number of aliphatic hydroxyl groups is 1. The predicted molar refractivity (Wildman–Crippen MR) is 86.4 cm³/mol. The number of hydrogen-bond acceptors (Lipinski definition) is 6. The molecule has 1 aromatic heterocycles. The summed E-state index contributed by atoms with van der Waals surface area (Å²) in [4.78, 5) is 12.5. The summed E-state index contributed by atoms with van der Waals surface area (Å²) in [6, 6.07) is 12.1. The second-order valence-electron chi connectivity index (χ2n) is 5.62. The highest BCUT2D eigenvalue weighted by atomic mass is 16.3. The van der Waals surface area contributed by atoms with E-state index in [1.54, 1.807) is 6.07 Å². The van der Waals surface area contributed by atoms with Crippen molar-refractivity contribution < 1.29 is 5.11 Å². The van der Waals surface area contributed by atoms with Gasteiger partial charge in [-0.2, -0.15) is 0 Å². The van der Waals surface area contributed by atoms with Crippen LogP contribution in [0.3, 0.4) is 0 Å². The molecule has 1 fully saturated rings. The highest BCUT2D eigenvalue weighted by Crippen LogP contribution is 2.16. The third-order valence-corrected chi connectivity index (χ3v) is 3.83. The molecule has 2 heterocycles. The molecule has 6 nitrogen and oxygen atoms in total. The van der Waals surface area contributed by atoms with Crippen LogP contribution >= 0.6 is 0 Å². The summed E-state index contributed by atoms with van der Waals surface area (Å²) in [5.41, 5.74) is 6.98. The Morgan fingerprint density at radius 3 is 2.73 bits per heavy atom. The summed E-state index contributed by atoms with van der Waals surface area (Å²) in [5, 5.41) is 10.3.